The van der Waals surface area contributed by atoms with Crippen LogP contribution in [0.1, 0.15) is 5.56 Å². The van der Waals surface area contributed by atoms with Crippen LogP contribution in [0.3, 0.4) is 0 Å². The first kappa shape index (κ1) is 14.4. The van der Waals surface area contributed by atoms with Gasteiger partial charge in [0.2, 0.25) is 0 Å². The van der Waals surface area contributed by atoms with Crippen molar-refractivity contribution in [3.05, 3.63) is 42.5 Å². The Morgan fingerprint density at radius 2 is 2.00 bits per heavy atom. The second-order valence-electron chi connectivity index (χ2n) is 3.45. The number of nitrogens with zero attached hydrogens (tertiary/aromatic N) is 1. The van der Waals surface area contributed by atoms with Crippen molar-refractivity contribution in [2.24, 2.45) is 5.10 Å². The lowest BCUT2D eigenvalue weighted by Crippen LogP contribution is -2.35. The van der Waals surface area contributed by atoms with Crippen LogP contribution < -0.4 is 15.5 Å². The van der Waals surface area contributed by atoms with Gasteiger partial charge in [-0.15, -0.1) is 0 Å². The summed E-state index contributed by atoms with van der Waals surface area (Å²) in [6, 6.07) is 7.08. The Hall–Kier alpha value is -2.63. The van der Waals surface area contributed by atoms with Gasteiger partial charge in [0.25, 0.3) is 0 Å². The molecular formula is C13H15N3O3. The topological polar surface area (TPSA) is 79.8 Å². The zero-order chi connectivity index (χ0) is 14.1. The Labute approximate surface area is 111 Å². The number of ether oxygens (including phenoxy) is 1. The SMILES string of the molecule is C=CCOc1ccc(/C=N\NC(=O)C(=O)NC)cc1. The summed E-state index contributed by atoms with van der Waals surface area (Å²) >= 11 is 0. The smallest absolute Gasteiger partial charge is 0.329 e. The fraction of sp³-hybridized carbons (Fsp3) is 0.154. The normalized spacial score (nSPS) is 9.95. The van der Waals surface area contributed by atoms with Crippen LogP contribution in [0.4, 0.5) is 0 Å². The first-order chi connectivity index (χ1) is 9.17. The summed E-state index contributed by atoms with van der Waals surface area (Å²) < 4.78 is 5.31. The number of nitrogens with one attached hydrogen (secondary N) is 2. The van der Waals surface area contributed by atoms with Crippen molar-refractivity contribution in [3.8, 4) is 5.75 Å². The highest BCUT2D eigenvalue weighted by atomic mass is 16.5. The van der Waals surface area contributed by atoms with E-state index in [9.17, 15) is 9.59 Å². The van der Waals surface area contributed by atoms with E-state index in [1.54, 1.807) is 30.3 Å². The van der Waals surface area contributed by atoms with Gasteiger partial charge in [0.15, 0.2) is 0 Å². The average Bonchev–Trinajstić information content (AvgIpc) is 2.45. The van der Waals surface area contributed by atoms with Crippen LogP contribution in [-0.2, 0) is 9.59 Å². The fourth-order valence-corrected chi connectivity index (χ4v) is 1.14. The minimum absolute atomic E-state index is 0.440. The molecule has 0 saturated heterocycles. The molecule has 0 atom stereocenters. The van der Waals surface area contributed by atoms with Crippen molar-refractivity contribution in [2.75, 3.05) is 13.7 Å². The van der Waals surface area contributed by atoms with Gasteiger partial charge in [-0.05, 0) is 29.8 Å². The van der Waals surface area contributed by atoms with E-state index in [2.05, 4.69) is 22.4 Å². The van der Waals surface area contributed by atoms with Crippen molar-refractivity contribution in [2.45, 2.75) is 0 Å². The van der Waals surface area contributed by atoms with Gasteiger partial charge in [-0.1, -0.05) is 12.7 Å². The van der Waals surface area contributed by atoms with E-state index >= 15 is 0 Å². The molecule has 0 spiro atoms. The number of hydrogen-bond donors (Lipinski definition) is 2. The minimum atomic E-state index is -0.815. The quantitative estimate of drug-likeness (QED) is 0.349. The summed E-state index contributed by atoms with van der Waals surface area (Å²) in [6.45, 7) is 3.99. The monoisotopic (exact) mass is 261 g/mol. The molecule has 0 aliphatic carbocycles. The first-order valence-corrected chi connectivity index (χ1v) is 5.56. The molecule has 0 heterocycles. The van der Waals surface area contributed by atoms with Crippen LogP contribution in [0, 0.1) is 0 Å². The molecule has 0 bridgehead atoms. The maximum absolute atomic E-state index is 11.1. The van der Waals surface area contributed by atoms with Crippen molar-refractivity contribution >= 4 is 18.0 Å². The Bertz CT molecular complexity index is 480. The molecule has 100 valence electrons. The van der Waals surface area contributed by atoms with Crippen molar-refractivity contribution < 1.29 is 14.3 Å². The maximum Gasteiger partial charge on any atom is 0.329 e. The van der Waals surface area contributed by atoms with Crippen LogP contribution >= 0.6 is 0 Å². The van der Waals surface area contributed by atoms with Crippen molar-refractivity contribution in [1.82, 2.24) is 10.7 Å². The zero-order valence-corrected chi connectivity index (χ0v) is 10.6. The van der Waals surface area contributed by atoms with Gasteiger partial charge in [0.05, 0.1) is 6.21 Å². The summed E-state index contributed by atoms with van der Waals surface area (Å²) in [5.41, 5.74) is 2.87. The predicted octanol–water partition coefficient (Wildman–Crippen LogP) is 0.447. The van der Waals surface area contributed by atoms with Gasteiger partial charge < -0.3 is 10.1 Å². The molecule has 0 aromatic heterocycles. The number of hydrogen-bond acceptors (Lipinski definition) is 4. The molecule has 0 aliphatic rings. The first-order valence-electron chi connectivity index (χ1n) is 5.56. The molecule has 1 aromatic carbocycles. The predicted molar refractivity (Wildman–Crippen MR) is 71.9 cm³/mol. The number of benzene rings is 1. The molecule has 1 rings (SSSR count). The molecule has 0 aliphatic heterocycles. The number of carbonyl (C=O) groups excluding carboxylic acids is 2. The van der Waals surface area contributed by atoms with E-state index < -0.39 is 11.8 Å². The lowest BCUT2D eigenvalue weighted by atomic mass is 10.2. The van der Waals surface area contributed by atoms with E-state index in [1.165, 1.54) is 13.3 Å². The van der Waals surface area contributed by atoms with Gasteiger partial charge in [-0.2, -0.15) is 5.10 Å². The number of rotatable bonds is 5. The Morgan fingerprint density at radius 3 is 2.58 bits per heavy atom. The standard InChI is InChI=1S/C13H15N3O3/c1-3-8-19-11-6-4-10(5-7-11)9-15-16-13(18)12(17)14-2/h3-7,9H,1,8H2,2H3,(H,14,17)(H,16,18)/b15-9-. The molecule has 0 radical (unpaired) electrons. The molecular weight excluding hydrogens is 246 g/mol. The third kappa shape index (κ3) is 5.03. The summed E-state index contributed by atoms with van der Waals surface area (Å²) in [6.07, 6.45) is 3.09. The lowest BCUT2D eigenvalue weighted by Gasteiger charge is -2.02. The number of likely N-dealkylation sites (N-methyl/N-ethyl adjacent to an activating group) is 1. The molecule has 1 aromatic rings. The molecule has 0 fully saturated rings. The molecule has 0 unspecified atom stereocenters. The zero-order valence-electron chi connectivity index (χ0n) is 10.6. The Balaban J connectivity index is 2.51. The minimum Gasteiger partial charge on any atom is -0.490 e. The van der Waals surface area contributed by atoms with Gasteiger partial charge in [0, 0.05) is 7.05 Å². The number of carbonyl (C=O) groups is 2. The fourth-order valence-electron chi connectivity index (χ4n) is 1.14. The molecule has 2 amide bonds. The second kappa shape index (κ2) is 7.65. The van der Waals surface area contributed by atoms with E-state index in [0.29, 0.717) is 12.4 Å². The summed E-state index contributed by atoms with van der Waals surface area (Å²) in [5, 5.41) is 5.85. The van der Waals surface area contributed by atoms with Crippen LogP contribution in [0.25, 0.3) is 0 Å². The molecule has 6 nitrogen and oxygen atoms in total. The highest BCUT2D eigenvalue weighted by Crippen LogP contribution is 2.10. The molecule has 0 saturated carbocycles. The molecule has 6 heteroatoms. The third-order valence-corrected chi connectivity index (χ3v) is 2.06. The van der Waals surface area contributed by atoms with E-state index in [0.717, 1.165) is 5.56 Å². The van der Waals surface area contributed by atoms with E-state index in [-0.39, 0.29) is 0 Å². The average molecular weight is 261 g/mol. The van der Waals surface area contributed by atoms with E-state index in [1.807, 2.05) is 0 Å². The Morgan fingerprint density at radius 1 is 1.32 bits per heavy atom. The number of hydrazone groups is 1. The lowest BCUT2D eigenvalue weighted by molar-refractivity contribution is -0.138. The summed E-state index contributed by atoms with van der Waals surface area (Å²) in [4.78, 5) is 21.9. The van der Waals surface area contributed by atoms with Crippen molar-refractivity contribution in [3.63, 3.8) is 0 Å². The van der Waals surface area contributed by atoms with Gasteiger partial charge >= 0.3 is 11.8 Å². The largest absolute Gasteiger partial charge is 0.490 e. The molecule has 19 heavy (non-hydrogen) atoms. The maximum atomic E-state index is 11.1. The highest BCUT2D eigenvalue weighted by molar-refractivity contribution is 6.34. The van der Waals surface area contributed by atoms with Crippen molar-refractivity contribution in [1.29, 1.82) is 0 Å². The molecule has 2 N–H and O–H groups in total. The van der Waals surface area contributed by atoms with Crippen LogP contribution in [0.15, 0.2) is 42.0 Å². The summed E-state index contributed by atoms with van der Waals surface area (Å²) in [5.74, 6) is -0.846. The van der Waals surface area contributed by atoms with Crippen LogP contribution in [0.5, 0.6) is 5.75 Å². The summed E-state index contributed by atoms with van der Waals surface area (Å²) in [7, 11) is 1.37. The van der Waals surface area contributed by atoms with Crippen LogP contribution in [0.2, 0.25) is 0 Å². The Kier molecular flexibility index (Phi) is 5.81. The van der Waals surface area contributed by atoms with Gasteiger partial charge in [0.1, 0.15) is 12.4 Å². The number of amides is 2. The van der Waals surface area contributed by atoms with Gasteiger partial charge in [-0.25, -0.2) is 5.43 Å². The van der Waals surface area contributed by atoms with Crippen LogP contribution in [-0.4, -0.2) is 31.7 Å². The van der Waals surface area contributed by atoms with Gasteiger partial charge in [-0.3, -0.25) is 9.59 Å². The third-order valence-electron chi connectivity index (χ3n) is 2.06. The van der Waals surface area contributed by atoms with E-state index in [4.69, 9.17) is 4.74 Å². The highest BCUT2D eigenvalue weighted by Gasteiger charge is 2.08. The second-order valence-corrected chi connectivity index (χ2v) is 3.45.